The quantitative estimate of drug-likeness (QED) is 0.794. The standard InChI is InChI=1S/C22H30FN3O4/c1-4-15(3)24-20(28)18-14-30-22(10-12-25(13-11-22)19(27)5-2)26(18)21(29)16-6-8-17(23)9-7-16/h6-9,15,18H,4-5,10-14H2,1-3H3,(H,24,28). The van der Waals surface area contributed by atoms with Gasteiger partial charge < -0.3 is 15.0 Å². The minimum absolute atomic E-state index is 0.0270. The predicted molar refractivity (Wildman–Crippen MR) is 109 cm³/mol. The zero-order chi connectivity index (χ0) is 21.9. The Hall–Kier alpha value is -2.48. The van der Waals surface area contributed by atoms with Crippen LogP contribution in [0, 0.1) is 5.82 Å². The third-order valence-electron chi connectivity index (χ3n) is 6.07. The van der Waals surface area contributed by atoms with E-state index in [1.165, 1.54) is 29.2 Å². The van der Waals surface area contributed by atoms with Gasteiger partial charge >= 0.3 is 0 Å². The van der Waals surface area contributed by atoms with Crippen molar-refractivity contribution in [2.24, 2.45) is 0 Å². The van der Waals surface area contributed by atoms with Crippen molar-refractivity contribution < 1.29 is 23.5 Å². The highest BCUT2D eigenvalue weighted by atomic mass is 19.1. The summed E-state index contributed by atoms with van der Waals surface area (Å²) in [6.45, 7) is 6.71. The first-order chi connectivity index (χ1) is 14.3. The highest BCUT2D eigenvalue weighted by Crippen LogP contribution is 2.38. The van der Waals surface area contributed by atoms with E-state index < -0.39 is 17.6 Å². The molecule has 0 aliphatic carbocycles. The Morgan fingerprint density at radius 1 is 1.20 bits per heavy atom. The van der Waals surface area contributed by atoms with Gasteiger partial charge in [-0.15, -0.1) is 0 Å². The van der Waals surface area contributed by atoms with Crippen molar-refractivity contribution in [3.8, 4) is 0 Å². The number of hydrogen-bond acceptors (Lipinski definition) is 4. The number of likely N-dealkylation sites (tertiary alicyclic amines) is 1. The number of amides is 3. The van der Waals surface area contributed by atoms with E-state index >= 15 is 0 Å². The second kappa shape index (κ2) is 9.12. The van der Waals surface area contributed by atoms with E-state index in [2.05, 4.69) is 5.32 Å². The monoisotopic (exact) mass is 419 g/mol. The molecule has 7 nitrogen and oxygen atoms in total. The fraction of sp³-hybridized carbons (Fsp3) is 0.591. The zero-order valence-corrected chi connectivity index (χ0v) is 17.8. The van der Waals surface area contributed by atoms with Crippen LogP contribution in [0.2, 0.25) is 0 Å². The van der Waals surface area contributed by atoms with Crippen LogP contribution in [-0.4, -0.2) is 65.0 Å². The number of benzene rings is 1. The lowest BCUT2D eigenvalue weighted by atomic mass is 9.96. The summed E-state index contributed by atoms with van der Waals surface area (Å²) in [5.41, 5.74) is -0.650. The van der Waals surface area contributed by atoms with Gasteiger partial charge in [0, 0.05) is 44.0 Å². The van der Waals surface area contributed by atoms with Crippen LogP contribution in [-0.2, 0) is 14.3 Å². The molecule has 2 fully saturated rings. The van der Waals surface area contributed by atoms with Crippen LogP contribution in [0.3, 0.4) is 0 Å². The van der Waals surface area contributed by atoms with E-state index in [0.717, 1.165) is 6.42 Å². The summed E-state index contributed by atoms with van der Waals surface area (Å²) in [7, 11) is 0. The van der Waals surface area contributed by atoms with Crippen molar-refractivity contribution in [1.29, 1.82) is 0 Å². The van der Waals surface area contributed by atoms with Gasteiger partial charge in [0.2, 0.25) is 11.8 Å². The lowest BCUT2D eigenvalue weighted by Gasteiger charge is -2.44. The number of nitrogens with zero attached hydrogens (tertiary/aromatic N) is 2. The summed E-state index contributed by atoms with van der Waals surface area (Å²) in [6, 6.07) is 4.50. The molecule has 1 spiro atoms. The van der Waals surface area contributed by atoms with Crippen LogP contribution >= 0.6 is 0 Å². The molecule has 30 heavy (non-hydrogen) atoms. The summed E-state index contributed by atoms with van der Waals surface area (Å²) in [5, 5.41) is 2.94. The number of ether oxygens (including phenoxy) is 1. The molecule has 1 aromatic rings. The molecule has 1 aromatic carbocycles. The summed E-state index contributed by atoms with van der Waals surface area (Å²) in [5.74, 6) is -1.00. The van der Waals surface area contributed by atoms with Gasteiger partial charge in [-0.3, -0.25) is 19.3 Å². The van der Waals surface area contributed by atoms with Gasteiger partial charge in [-0.2, -0.15) is 0 Å². The van der Waals surface area contributed by atoms with Gasteiger partial charge in [-0.05, 0) is 37.6 Å². The second-order valence-electron chi connectivity index (χ2n) is 8.01. The molecule has 0 radical (unpaired) electrons. The maximum Gasteiger partial charge on any atom is 0.256 e. The van der Waals surface area contributed by atoms with E-state index in [1.54, 1.807) is 4.90 Å². The molecule has 8 heteroatoms. The van der Waals surface area contributed by atoms with Gasteiger partial charge in [0.1, 0.15) is 17.6 Å². The van der Waals surface area contributed by atoms with Crippen LogP contribution < -0.4 is 5.32 Å². The van der Waals surface area contributed by atoms with Gasteiger partial charge in [-0.1, -0.05) is 13.8 Å². The molecule has 2 heterocycles. The van der Waals surface area contributed by atoms with Gasteiger partial charge in [0.05, 0.1) is 6.61 Å². The lowest BCUT2D eigenvalue weighted by Crippen LogP contribution is -2.60. The Kier molecular flexibility index (Phi) is 6.75. The van der Waals surface area contributed by atoms with Gasteiger partial charge in [-0.25, -0.2) is 4.39 Å². The van der Waals surface area contributed by atoms with Crippen molar-refractivity contribution in [3.05, 3.63) is 35.6 Å². The Morgan fingerprint density at radius 2 is 1.83 bits per heavy atom. The third-order valence-corrected chi connectivity index (χ3v) is 6.07. The van der Waals surface area contributed by atoms with Crippen LogP contribution in [0.15, 0.2) is 24.3 Å². The topological polar surface area (TPSA) is 79.0 Å². The molecule has 2 aliphatic heterocycles. The maximum absolute atomic E-state index is 13.4. The average molecular weight is 419 g/mol. The first-order valence-electron chi connectivity index (χ1n) is 10.6. The van der Waals surface area contributed by atoms with E-state index in [4.69, 9.17) is 4.74 Å². The maximum atomic E-state index is 13.4. The van der Waals surface area contributed by atoms with E-state index in [-0.39, 0.29) is 30.4 Å². The number of halogens is 1. The van der Waals surface area contributed by atoms with Gasteiger partial charge in [0.25, 0.3) is 5.91 Å². The molecule has 1 N–H and O–H groups in total. The average Bonchev–Trinajstić information content (AvgIpc) is 3.12. The first kappa shape index (κ1) is 22.2. The molecule has 2 unspecified atom stereocenters. The van der Waals surface area contributed by atoms with Crippen LogP contribution in [0.5, 0.6) is 0 Å². The Bertz CT molecular complexity index is 790. The molecular formula is C22H30FN3O4. The van der Waals surface area contributed by atoms with Crippen molar-refractivity contribution in [2.75, 3.05) is 19.7 Å². The number of rotatable bonds is 5. The molecule has 3 amide bonds. The molecule has 2 aliphatic rings. The molecule has 0 aromatic heterocycles. The zero-order valence-electron chi connectivity index (χ0n) is 17.8. The number of hydrogen-bond donors (Lipinski definition) is 1. The fourth-order valence-corrected chi connectivity index (χ4v) is 4.07. The smallest absolute Gasteiger partial charge is 0.256 e. The van der Waals surface area contributed by atoms with Gasteiger partial charge in [0.15, 0.2) is 0 Å². The van der Waals surface area contributed by atoms with Crippen LogP contribution in [0.4, 0.5) is 4.39 Å². The number of carbonyl (C=O) groups is 3. The second-order valence-corrected chi connectivity index (χ2v) is 8.01. The van der Waals surface area contributed by atoms with Crippen molar-refractivity contribution in [2.45, 2.75) is 64.3 Å². The summed E-state index contributed by atoms with van der Waals surface area (Å²) < 4.78 is 19.5. The Balaban J connectivity index is 1.88. The van der Waals surface area contributed by atoms with Crippen molar-refractivity contribution >= 4 is 17.7 Å². The number of piperidine rings is 1. The van der Waals surface area contributed by atoms with Crippen LogP contribution in [0.25, 0.3) is 0 Å². The number of carbonyl (C=O) groups excluding carboxylic acids is 3. The molecule has 3 rings (SSSR count). The van der Waals surface area contributed by atoms with E-state index in [9.17, 15) is 18.8 Å². The van der Waals surface area contributed by atoms with E-state index in [0.29, 0.717) is 37.9 Å². The molecule has 2 saturated heterocycles. The molecule has 2 atom stereocenters. The minimum atomic E-state index is -0.951. The van der Waals surface area contributed by atoms with Crippen LogP contribution in [0.1, 0.15) is 56.8 Å². The van der Waals surface area contributed by atoms with E-state index in [1.807, 2.05) is 20.8 Å². The SMILES string of the molecule is CCC(=O)N1CCC2(CC1)OCC(C(=O)NC(C)CC)N2C(=O)c1ccc(F)cc1. The third kappa shape index (κ3) is 4.33. The fourth-order valence-electron chi connectivity index (χ4n) is 4.07. The Labute approximate surface area is 176 Å². The molecule has 0 saturated carbocycles. The van der Waals surface area contributed by atoms with Crippen molar-refractivity contribution in [1.82, 2.24) is 15.1 Å². The lowest BCUT2D eigenvalue weighted by molar-refractivity contribution is -0.143. The highest BCUT2D eigenvalue weighted by Gasteiger charge is 2.54. The summed E-state index contributed by atoms with van der Waals surface area (Å²) in [6.07, 6.45) is 2.05. The molecule has 0 bridgehead atoms. The number of nitrogens with one attached hydrogen (secondary N) is 1. The summed E-state index contributed by atoms with van der Waals surface area (Å²) >= 11 is 0. The summed E-state index contributed by atoms with van der Waals surface area (Å²) in [4.78, 5) is 41.7. The largest absolute Gasteiger partial charge is 0.353 e. The molecular weight excluding hydrogens is 389 g/mol. The molecule has 164 valence electrons. The minimum Gasteiger partial charge on any atom is -0.353 e. The first-order valence-corrected chi connectivity index (χ1v) is 10.6. The Morgan fingerprint density at radius 3 is 2.40 bits per heavy atom. The predicted octanol–water partition coefficient (Wildman–Crippen LogP) is 2.31. The normalized spacial score (nSPS) is 21.5. The highest BCUT2D eigenvalue weighted by molar-refractivity contribution is 5.98. The van der Waals surface area contributed by atoms with Crippen molar-refractivity contribution in [3.63, 3.8) is 0 Å².